The van der Waals surface area contributed by atoms with Crippen LogP contribution in [0.1, 0.15) is 16.7 Å². The molecular formula is C24H24N2O. The standard InChI is InChI=1S/C24H24N2O/c27-24(14-20-10-5-9-19-7-3-4-11-23(19)20)26-16-22(17-26)25-13-12-18-6-1-2-8-21(18)15-25/h1-11,22H,12-17H2. The molecular weight excluding hydrogens is 332 g/mol. The normalized spacial score (nSPS) is 17.6. The second-order valence-electron chi connectivity index (χ2n) is 7.76. The van der Waals surface area contributed by atoms with Gasteiger partial charge in [0.05, 0.1) is 6.42 Å². The zero-order valence-electron chi connectivity index (χ0n) is 15.5. The molecule has 0 N–H and O–H groups in total. The van der Waals surface area contributed by atoms with Crippen molar-refractivity contribution in [2.24, 2.45) is 0 Å². The van der Waals surface area contributed by atoms with Gasteiger partial charge in [0.2, 0.25) is 5.91 Å². The third kappa shape index (κ3) is 3.13. The highest BCUT2D eigenvalue weighted by molar-refractivity contribution is 5.90. The van der Waals surface area contributed by atoms with Gasteiger partial charge in [-0.25, -0.2) is 0 Å². The lowest BCUT2D eigenvalue weighted by Crippen LogP contribution is -2.61. The van der Waals surface area contributed by atoms with Crippen molar-refractivity contribution < 1.29 is 4.79 Å². The Hall–Kier alpha value is -2.65. The molecule has 3 heteroatoms. The second kappa shape index (κ2) is 6.82. The van der Waals surface area contributed by atoms with E-state index in [-0.39, 0.29) is 5.91 Å². The summed E-state index contributed by atoms with van der Waals surface area (Å²) in [7, 11) is 0. The van der Waals surface area contributed by atoms with Crippen LogP contribution in [0.4, 0.5) is 0 Å². The smallest absolute Gasteiger partial charge is 0.227 e. The highest BCUT2D eigenvalue weighted by atomic mass is 16.2. The average molecular weight is 356 g/mol. The fourth-order valence-corrected chi connectivity index (χ4v) is 4.44. The molecule has 0 unspecified atom stereocenters. The highest BCUT2D eigenvalue weighted by Crippen LogP contribution is 2.25. The van der Waals surface area contributed by atoms with E-state index in [0.29, 0.717) is 12.5 Å². The Balaban J connectivity index is 1.22. The first kappa shape index (κ1) is 16.5. The summed E-state index contributed by atoms with van der Waals surface area (Å²) >= 11 is 0. The number of hydrogen-bond donors (Lipinski definition) is 0. The summed E-state index contributed by atoms with van der Waals surface area (Å²) in [4.78, 5) is 17.3. The average Bonchev–Trinajstić information content (AvgIpc) is 2.67. The lowest BCUT2D eigenvalue weighted by molar-refractivity contribution is -0.138. The van der Waals surface area contributed by atoms with Gasteiger partial charge in [-0.15, -0.1) is 0 Å². The number of amides is 1. The van der Waals surface area contributed by atoms with Crippen molar-refractivity contribution in [1.82, 2.24) is 9.80 Å². The summed E-state index contributed by atoms with van der Waals surface area (Å²) in [5.74, 6) is 0.250. The molecule has 27 heavy (non-hydrogen) atoms. The predicted molar refractivity (Wildman–Crippen MR) is 109 cm³/mol. The van der Waals surface area contributed by atoms with E-state index in [2.05, 4.69) is 59.5 Å². The number of benzene rings is 3. The van der Waals surface area contributed by atoms with Crippen LogP contribution in [0, 0.1) is 0 Å². The van der Waals surface area contributed by atoms with Crippen molar-refractivity contribution in [3.8, 4) is 0 Å². The van der Waals surface area contributed by atoms with Crippen molar-refractivity contribution in [1.29, 1.82) is 0 Å². The maximum Gasteiger partial charge on any atom is 0.227 e. The number of carbonyl (C=O) groups is 1. The van der Waals surface area contributed by atoms with E-state index in [1.807, 2.05) is 17.0 Å². The van der Waals surface area contributed by atoms with E-state index in [1.165, 1.54) is 21.9 Å². The Labute approximate surface area is 160 Å². The number of likely N-dealkylation sites (tertiary alicyclic amines) is 1. The van der Waals surface area contributed by atoms with E-state index >= 15 is 0 Å². The largest absolute Gasteiger partial charge is 0.339 e. The van der Waals surface area contributed by atoms with Crippen LogP contribution >= 0.6 is 0 Å². The number of rotatable bonds is 3. The van der Waals surface area contributed by atoms with Crippen LogP contribution in [0.5, 0.6) is 0 Å². The molecule has 0 spiro atoms. The minimum Gasteiger partial charge on any atom is -0.339 e. The predicted octanol–water partition coefficient (Wildman–Crippen LogP) is 3.65. The summed E-state index contributed by atoms with van der Waals surface area (Å²) in [6, 6.07) is 23.8. The van der Waals surface area contributed by atoms with Gasteiger partial charge in [-0.1, -0.05) is 66.7 Å². The Kier molecular flexibility index (Phi) is 4.17. The van der Waals surface area contributed by atoms with Gasteiger partial charge in [-0.05, 0) is 33.9 Å². The Bertz CT molecular complexity index is 985. The topological polar surface area (TPSA) is 23.6 Å². The first-order chi connectivity index (χ1) is 13.3. The zero-order chi connectivity index (χ0) is 18.2. The summed E-state index contributed by atoms with van der Waals surface area (Å²) < 4.78 is 0. The van der Waals surface area contributed by atoms with Gasteiger partial charge in [-0.3, -0.25) is 9.69 Å². The quantitative estimate of drug-likeness (QED) is 0.715. The van der Waals surface area contributed by atoms with E-state index in [4.69, 9.17) is 0 Å². The summed E-state index contributed by atoms with van der Waals surface area (Å²) in [5.41, 5.74) is 4.06. The molecule has 0 bridgehead atoms. The number of hydrogen-bond acceptors (Lipinski definition) is 2. The zero-order valence-corrected chi connectivity index (χ0v) is 15.5. The molecule has 2 heterocycles. The van der Waals surface area contributed by atoms with Gasteiger partial charge in [0.25, 0.3) is 0 Å². The molecule has 1 saturated heterocycles. The third-order valence-corrected chi connectivity index (χ3v) is 6.11. The van der Waals surface area contributed by atoms with E-state index in [1.54, 1.807) is 0 Å². The molecule has 0 saturated carbocycles. The van der Waals surface area contributed by atoms with Crippen LogP contribution in [-0.2, 0) is 24.2 Å². The van der Waals surface area contributed by atoms with Crippen molar-refractivity contribution in [3.05, 3.63) is 83.4 Å². The van der Waals surface area contributed by atoms with Crippen LogP contribution in [0.15, 0.2) is 66.7 Å². The van der Waals surface area contributed by atoms with Gasteiger partial charge in [-0.2, -0.15) is 0 Å². The monoisotopic (exact) mass is 356 g/mol. The van der Waals surface area contributed by atoms with Gasteiger partial charge in [0, 0.05) is 32.2 Å². The molecule has 3 aromatic rings. The molecule has 3 aromatic carbocycles. The van der Waals surface area contributed by atoms with Gasteiger partial charge >= 0.3 is 0 Å². The SMILES string of the molecule is O=C(Cc1cccc2ccccc12)N1CC(N2CCc3ccccc3C2)C1. The van der Waals surface area contributed by atoms with Gasteiger partial charge in [0.15, 0.2) is 0 Å². The van der Waals surface area contributed by atoms with Gasteiger partial charge < -0.3 is 4.90 Å². The molecule has 0 aromatic heterocycles. The minimum atomic E-state index is 0.250. The minimum absolute atomic E-state index is 0.250. The molecule has 2 aliphatic rings. The summed E-state index contributed by atoms with van der Waals surface area (Å²) in [6.07, 6.45) is 1.62. The molecule has 0 radical (unpaired) electrons. The van der Waals surface area contributed by atoms with Gasteiger partial charge in [0.1, 0.15) is 0 Å². The van der Waals surface area contributed by atoms with Crippen LogP contribution in [0.3, 0.4) is 0 Å². The highest BCUT2D eigenvalue weighted by Gasteiger charge is 2.35. The van der Waals surface area contributed by atoms with Crippen molar-refractivity contribution in [2.75, 3.05) is 19.6 Å². The van der Waals surface area contributed by atoms with E-state index in [9.17, 15) is 4.79 Å². The molecule has 136 valence electrons. The van der Waals surface area contributed by atoms with Crippen LogP contribution in [0.2, 0.25) is 0 Å². The van der Waals surface area contributed by atoms with E-state index < -0.39 is 0 Å². The van der Waals surface area contributed by atoms with Crippen LogP contribution in [0.25, 0.3) is 10.8 Å². The fraction of sp³-hybridized carbons (Fsp3) is 0.292. The number of carbonyl (C=O) groups excluding carboxylic acids is 1. The van der Waals surface area contributed by atoms with Crippen molar-refractivity contribution >= 4 is 16.7 Å². The Morgan fingerprint density at radius 2 is 1.63 bits per heavy atom. The lowest BCUT2D eigenvalue weighted by atomic mass is 9.96. The van der Waals surface area contributed by atoms with Crippen LogP contribution in [-0.4, -0.2) is 41.4 Å². The second-order valence-corrected chi connectivity index (χ2v) is 7.76. The Morgan fingerprint density at radius 1 is 0.889 bits per heavy atom. The summed E-state index contributed by atoms with van der Waals surface area (Å²) in [5, 5.41) is 2.40. The Morgan fingerprint density at radius 3 is 2.52 bits per heavy atom. The van der Waals surface area contributed by atoms with Crippen LogP contribution < -0.4 is 0 Å². The first-order valence-electron chi connectivity index (χ1n) is 9.83. The molecule has 3 nitrogen and oxygen atoms in total. The lowest BCUT2D eigenvalue weighted by Gasteiger charge is -2.47. The maximum atomic E-state index is 12.8. The van der Waals surface area contributed by atoms with Crippen molar-refractivity contribution in [2.45, 2.75) is 25.4 Å². The molecule has 0 atom stereocenters. The third-order valence-electron chi connectivity index (χ3n) is 6.11. The molecule has 2 aliphatic heterocycles. The number of nitrogens with zero attached hydrogens (tertiary/aromatic N) is 2. The molecule has 1 amide bonds. The summed E-state index contributed by atoms with van der Waals surface area (Å²) in [6.45, 7) is 3.86. The maximum absolute atomic E-state index is 12.8. The van der Waals surface area contributed by atoms with E-state index in [0.717, 1.165) is 38.2 Å². The molecule has 5 rings (SSSR count). The molecule has 1 fully saturated rings. The first-order valence-corrected chi connectivity index (χ1v) is 9.83. The molecule has 0 aliphatic carbocycles. The van der Waals surface area contributed by atoms with Crippen molar-refractivity contribution in [3.63, 3.8) is 0 Å². The fourth-order valence-electron chi connectivity index (χ4n) is 4.44. The number of fused-ring (bicyclic) bond motifs is 2.